The summed E-state index contributed by atoms with van der Waals surface area (Å²) in [4.78, 5) is 13.5. The first kappa shape index (κ1) is 16.4. The molecule has 0 saturated heterocycles. The van der Waals surface area contributed by atoms with Crippen molar-refractivity contribution in [1.82, 2.24) is 5.32 Å². The first-order valence-corrected chi connectivity index (χ1v) is 6.87. The number of methoxy groups -OCH3 is 1. The smallest absolute Gasteiger partial charge is 0.322 e. The van der Waals surface area contributed by atoms with E-state index in [-0.39, 0.29) is 17.8 Å². The Morgan fingerprint density at radius 2 is 2.15 bits per heavy atom. The number of benzene rings is 1. The highest BCUT2D eigenvalue weighted by Crippen LogP contribution is 2.17. The van der Waals surface area contributed by atoms with Crippen molar-refractivity contribution in [2.75, 3.05) is 32.1 Å². The first-order valence-electron chi connectivity index (χ1n) is 6.87. The lowest BCUT2D eigenvalue weighted by Gasteiger charge is -2.23. The summed E-state index contributed by atoms with van der Waals surface area (Å²) in [6.45, 7) is 3.35. The zero-order valence-corrected chi connectivity index (χ0v) is 12.4. The van der Waals surface area contributed by atoms with E-state index in [0.29, 0.717) is 18.7 Å². The third kappa shape index (κ3) is 4.81. The van der Waals surface area contributed by atoms with Crippen LogP contribution in [-0.2, 0) is 9.53 Å². The van der Waals surface area contributed by atoms with Crippen molar-refractivity contribution in [1.29, 1.82) is 0 Å². The molecule has 4 nitrogen and oxygen atoms in total. The Morgan fingerprint density at radius 1 is 1.45 bits per heavy atom. The monoisotopic (exact) mass is 282 g/mol. The van der Waals surface area contributed by atoms with Gasteiger partial charge in [0.15, 0.2) is 0 Å². The number of hydrogen-bond donors (Lipinski definition) is 1. The number of nitrogens with one attached hydrogen (secondary N) is 1. The molecule has 20 heavy (non-hydrogen) atoms. The van der Waals surface area contributed by atoms with E-state index in [9.17, 15) is 9.18 Å². The Bertz CT molecular complexity index is 426. The van der Waals surface area contributed by atoms with Crippen LogP contribution >= 0.6 is 0 Å². The minimum atomic E-state index is -0.353. The maximum absolute atomic E-state index is 13.6. The number of ether oxygens (including phenoxy) is 1. The second-order valence-electron chi connectivity index (χ2n) is 4.69. The number of esters is 1. The van der Waals surface area contributed by atoms with Gasteiger partial charge in [0.1, 0.15) is 11.9 Å². The summed E-state index contributed by atoms with van der Waals surface area (Å²) in [5.74, 6) is -0.536. The number of halogens is 1. The summed E-state index contributed by atoms with van der Waals surface area (Å²) in [5.41, 5.74) is 0.534. The minimum absolute atomic E-state index is 0.258. The molecular weight excluding hydrogens is 259 g/mol. The van der Waals surface area contributed by atoms with Crippen molar-refractivity contribution in [3.05, 3.63) is 30.1 Å². The standard InChI is InChI=1S/C15H23FN2O2/c1-4-10-17-13(15(19)20-3)9-11-18(2)14-8-6-5-7-12(14)16/h5-8,13,17H,4,9-11H2,1-3H3. The highest BCUT2D eigenvalue weighted by Gasteiger charge is 2.19. The number of nitrogens with zero attached hydrogens (tertiary/aromatic N) is 1. The molecule has 1 aromatic carbocycles. The largest absolute Gasteiger partial charge is 0.468 e. The van der Waals surface area contributed by atoms with Crippen molar-refractivity contribution in [2.45, 2.75) is 25.8 Å². The molecule has 112 valence electrons. The topological polar surface area (TPSA) is 41.6 Å². The average Bonchev–Trinajstić information content (AvgIpc) is 2.46. The van der Waals surface area contributed by atoms with Crippen molar-refractivity contribution in [3.63, 3.8) is 0 Å². The maximum Gasteiger partial charge on any atom is 0.322 e. The van der Waals surface area contributed by atoms with Crippen molar-refractivity contribution >= 4 is 11.7 Å². The Kier molecular flexibility index (Phi) is 7.01. The molecule has 5 heteroatoms. The fourth-order valence-electron chi connectivity index (χ4n) is 1.97. The summed E-state index contributed by atoms with van der Waals surface area (Å²) in [7, 11) is 3.19. The minimum Gasteiger partial charge on any atom is -0.468 e. The van der Waals surface area contributed by atoms with Crippen LogP contribution in [0.15, 0.2) is 24.3 Å². The van der Waals surface area contributed by atoms with Crippen LogP contribution in [0.25, 0.3) is 0 Å². The van der Waals surface area contributed by atoms with Crippen LogP contribution in [0.3, 0.4) is 0 Å². The van der Waals surface area contributed by atoms with Crippen molar-refractivity contribution in [3.8, 4) is 0 Å². The normalized spacial score (nSPS) is 12.0. The van der Waals surface area contributed by atoms with Crippen LogP contribution in [0.5, 0.6) is 0 Å². The summed E-state index contributed by atoms with van der Waals surface area (Å²) >= 11 is 0. The SMILES string of the molecule is CCCNC(CCN(C)c1ccccc1F)C(=O)OC. The zero-order chi connectivity index (χ0) is 15.0. The average molecular weight is 282 g/mol. The molecule has 1 aromatic rings. The van der Waals surface area contributed by atoms with Gasteiger partial charge in [-0.05, 0) is 31.5 Å². The van der Waals surface area contributed by atoms with Crippen molar-refractivity contribution in [2.24, 2.45) is 0 Å². The number of para-hydroxylation sites is 1. The van der Waals surface area contributed by atoms with Gasteiger partial charge in [-0.25, -0.2) is 4.39 Å². The molecule has 0 fully saturated rings. The molecular formula is C15H23FN2O2. The van der Waals surface area contributed by atoms with E-state index in [1.165, 1.54) is 13.2 Å². The van der Waals surface area contributed by atoms with Crippen LogP contribution in [0.2, 0.25) is 0 Å². The Hall–Kier alpha value is -1.62. The van der Waals surface area contributed by atoms with Gasteiger partial charge in [0, 0.05) is 13.6 Å². The maximum atomic E-state index is 13.6. The molecule has 0 radical (unpaired) electrons. The van der Waals surface area contributed by atoms with Gasteiger partial charge in [-0.2, -0.15) is 0 Å². The van der Waals surface area contributed by atoms with Gasteiger partial charge < -0.3 is 15.0 Å². The predicted octanol–water partition coefficient (Wildman–Crippen LogP) is 2.19. The summed E-state index contributed by atoms with van der Waals surface area (Å²) < 4.78 is 18.4. The highest BCUT2D eigenvalue weighted by molar-refractivity contribution is 5.75. The van der Waals surface area contributed by atoms with Gasteiger partial charge in [-0.1, -0.05) is 19.1 Å². The molecule has 0 spiro atoms. The molecule has 0 aliphatic rings. The van der Waals surface area contributed by atoms with E-state index in [2.05, 4.69) is 5.32 Å². The molecule has 0 saturated carbocycles. The van der Waals surface area contributed by atoms with E-state index in [1.54, 1.807) is 23.1 Å². The predicted molar refractivity (Wildman–Crippen MR) is 78.4 cm³/mol. The summed E-state index contributed by atoms with van der Waals surface area (Å²) in [6, 6.07) is 6.25. The number of carbonyl (C=O) groups excluding carboxylic acids is 1. The van der Waals surface area contributed by atoms with Gasteiger partial charge >= 0.3 is 5.97 Å². The molecule has 0 amide bonds. The molecule has 0 aliphatic carbocycles. The van der Waals surface area contributed by atoms with E-state index < -0.39 is 0 Å². The van der Waals surface area contributed by atoms with Crippen molar-refractivity contribution < 1.29 is 13.9 Å². The Morgan fingerprint density at radius 3 is 2.75 bits per heavy atom. The van der Waals surface area contributed by atoms with Crippen LogP contribution in [-0.4, -0.2) is 39.3 Å². The fraction of sp³-hybridized carbons (Fsp3) is 0.533. The molecule has 1 rings (SSSR count). The molecule has 1 atom stereocenters. The first-order chi connectivity index (χ1) is 9.60. The van der Waals surface area contributed by atoms with Gasteiger partial charge in [-0.15, -0.1) is 0 Å². The Balaban J connectivity index is 2.58. The zero-order valence-electron chi connectivity index (χ0n) is 12.4. The van der Waals surface area contributed by atoms with Gasteiger partial charge in [0.05, 0.1) is 12.8 Å². The number of carbonyl (C=O) groups is 1. The molecule has 0 bridgehead atoms. The van der Waals surface area contributed by atoms with Gasteiger partial charge in [0.25, 0.3) is 0 Å². The summed E-state index contributed by atoms with van der Waals surface area (Å²) in [6.07, 6.45) is 1.51. The lowest BCUT2D eigenvalue weighted by molar-refractivity contribution is -0.143. The molecule has 0 heterocycles. The van der Waals surface area contributed by atoms with E-state index in [4.69, 9.17) is 4.74 Å². The second-order valence-corrected chi connectivity index (χ2v) is 4.69. The van der Waals surface area contributed by atoms with E-state index >= 15 is 0 Å². The fourth-order valence-corrected chi connectivity index (χ4v) is 1.97. The van der Waals surface area contributed by atoms with Crippen LogP contribution < -0.4 is 10.2 Å². The quantitative estimate of drug-likeness (QED) is 0.742. The van der Waals surface area contributed by atoms with Gasteiger partial charge in [-0.3, -0.25) is 4.79 Å². The van der Waals surface area contributed by atoms with Crippen LogP contribution in [0, 0.1) is 5.82 Å². The number of rotatable bonds is 8. The molecule has 1 unspecified atom stereocenters. The van der Waals surface area contributed by atoms with E-state index in [1.807, 2.05) is 14.0 Å². The summed E-state index contributed by atoms with van der Waals surface area (Å²) in [5, 5.41) is 3.15. The highest BCUT2D eigenvalue weighted by atomic mass is 19.1. The third-order valence-corrected chi connectivity index (χ3v) is 3.14. The lowest BCUT2D eigenvalue weighted by atomic mass is 10.2. The molecule has 1 N–H and O–H groups in total. The van der Waals surface area contributed by atoms with E-state index in [0.717, 1.165) is 13.0 Å². The van der Waals surface area contributed by atoms with Gasteiger partial charge in [0.2, 0.25) is 0 Å². The molecule has 0 aliphatic heterocycles. The Labute approximate surface area is 119 Å². The van der Waals surface area contributed by atoms with Crippen LogP contribution in [0.1, 0.15) is 19.8 Å². The van der Waals surface area contributed by atoms with Crippen LogP contribution in [0.4, 0.5) is 10.1 Å². The molecule has 0 aromatic heterocycles. The number of anilines is 1. The lowest BCUT2D eigenvalue weighted by Crippen LogP contribution is -2.40. The second kappa shape index (κ2) is 8.53. The third-order valence-electron chi connectivity index (χ3n) is 3.14. The number of hydrogen-bond acceptors (Lipinski definition) is 4.